The molecule has 1 aromatic carbocycles. The number of amides is 2. The first kappa shape index (κ1) is 19.4. The van der Waals surface area contributed by atoms with Gasteiger partial charge in [0, 0.05) is 19.8 Å². The molecule has 2 unspecified atom stereocenters. The number of esters is 1. The molecule has 29 heavy (non-hydrogen) atoms. The van der Waals surface area contributed by atoms with Gasteiger partial charge in [0.25, 0.3) is 11.8 Å². The van der Waals surface area contributed by atoms with E-state index < -0.39 is 5.41 Å². The highest BCUT2D eigenvalue weighted by molar-refractivity contribution is 6.21. The van der Waals surface area contributed by atoms with Crippen LogP contribution in [0.4, 0.5) is 0 Å². The maximum Gasteiger partial charge on any atom is 0.318 e. The highest BCUT2D eigenvalue weighted by Crippen LogP contribution is 2.58. The van der Waals surface area contributed by atoms with Crippen molar-refractivity contribution >= 4 is 17.8 Å². The van der Waals surface area contributed by atoms with Gasteiger partial charge in [-0.1, -0.05) is 26.0 Å². The Bertz CT molecular complexity index is 974. The van der Waals surface area contributed by atoms with Crippen LogP contribution in [0.25, 0.3) is 0 Å². The third kappa shape index (κ3) is 3.05. The summed E-state index contributed by atoms with van der Waals surface area (Å²) in [7, 11) is 3.26. The zero-order chi connectivity index (χ0) is 21.0. The first-order chi connectivity index (χ1) is 13.7. The minimum Gasteiger partial charge on any atom is -0.468 e. The Morgan fingerprint density at radius 1 is 1.24 bits per heavy atom. The SMILES string of the molecule is COC(=O)C1(c2cn(C)cn2)CC1CC(C)(C)CN1C(=O)c2ccccc2C1=O. The Balaban J connectivity index is 1.52. The number of imide groups is 1. The first-order valence-corrected chi connectivity index (χ1v) is 9.72. The Labute approximate surface area is 169 Å². The minimum atomic E-state index is -0.741. The van der Waals surface area contributed by atoms with Gasteiger partial charge in [-0.05, 0) is 36.3 Å². The number of nitrogens with zero attached hydrogens (tertiary/aromatic N) is 3. The molecule has 0 spiro atoms. The maximum atomic E-state index is 12.7. The van der Waals surface area contributed by atoms with E-state index in [0.29, 0.717) is 36.2 Å². The lowest BCUT2D eigenvalue weighted by Gasteiger charge is -2.30. The topological polar surface area (TPSA) is 81.5 Å². The molecule has 0 saturated heterocycles. The van der Waals surface area contributed by atoms with Gasteiger partial charge in [-0.2, -0.15) is 0 Å². The second-order valence-electron chi connectivity index (χ2n) is 8.90. The Morgan fingerprint density at radius 3 is 2.38 bits per heavy atom. The molecule has 1 aromatic heterocycles. The summed E-state index contributed by atoms with van der Waals surface area (Å²) in [6, 6.07) is 6.90. The van der Waals surface area contributed by atoms with Crippen LogP contribution >= 0.6 is 0 Å². The zero-order valence-electron chi connectivity index (χ0n) is 17.1. The molecule has 4 rings (SSSR count). The van der Waals surface area contributed by atoms with Crippen molar-refractivity contribution in [1.29, 1.82) is 0 Å². The highest BCUT2D eigenvalue weighted by Gasteiger charge is 2.64. The Morgan fingerprint density at radius 2 is 1.86 bits per heavy atom. The van der Waals surface area contributed by atoms with Crippen molar-refractivity contribution in [3.8, 4) is 0 Å². The standard InChI is InChI=1S/C22H25N3O4/c1-21(2,12-25-18(26)15-7-5-6-8-16(15)19(25)27)9-14-10-22(14,20(28)29-4)17-11-24(3)13-23-17/h5-8,11,13-14H,9-10,12H2,1-4H3. The largest absolute Gasteiger partial charge is 0.468 e. The first-order valence-electron chi connectivity index (χ1n) is 9.72. The van der Waals surface area contributed by atoms with Crippen LogP contribution in [0.15, 0.2) is 36.8 Å². The third-order valence-corrected chi connectivity index (χ3v) is 6.08. The van der Waals surface area contributed by atoms with Gasteiger partial charge in [0.05, 0.1) is 30.3 Å². The molecule has 7 heteroatoms. The van der Waals surface area contributed by atoms with Crippen LogP contribution in [0.2, 0.25) is 0 Å². The summed E-state index contributed by atoms with van der Waals surface area (Å²) < 4.78 is 6.91. The number of aromatic nitrogens is 2. The molecule has 2 amide bonds. The monoisotopic (exact) mass is 395 g/mol. The summed E-state index contributed by atoms with van der Waals surface area (Å²) in [6.45, 7) is 4.35. The number of hydrogen-bond donors (Lipinski definition) is 0. The molecule has 0 radical (unpaired) electrons. The fourth-order valence-corrected chi connectivity index (χ4v) is 4.61. The van der Waals surface area contributed by atoms with E-state index in [1.165, 1.54) is 12.0 Å². The summed E-state index contributed by atoms with van der Waals surface area (Å²) in [4.78, 5) is 43.8. The molecule has 152 valence electrons. The second-order valence-corrected chi connectivity index (χ2v) is 8.90. The number of methoxy groups -OCH3 is 1. The Hall–Kier alpha value is -2.96. The van der Waals surface area contributed by atoms with Crippen LogP contribution in [-0.2, 0) is 22.0 Å². The molecule has 1 saturated carbocycles. The molecule has 7 nitrogen and oxygen atoms in total. The molecule has 2 aliphatic rings. The number of carbonyl (C=O) groups excluding carboxylic acids is 3. The van der Waals surface area contributed by atoms with Gasteiger partial charge in [-0.25, -0.2) is 4.98 Å². The van der Waals surface area contributed by atoms with Gasteiger partial charge in [-0.15, -0.1) is 0 Å². The van der Waals surface area contributed by atoms with E-state index in [-0.39, 0.29) is 29.1 Å². The van der Waals surface area contributed by atoms with E-state index in [1.54, 1.807) is 30.6 Å². The van der Waals surface area contributed by atoms with Crippen molar-refractivity contribution in [2.45, 2.75) is 32.1 Å². The molecular formula is C22H25N3O4. The molecule has 2 atom stereocenters. The van der Waals surface area contributed by atoms with Crippen LogP contribution in [0, 0.1) is 11.3 Å². The number of benzene rings is 1. The maximum absolute atomic E-state index is 12.7. The number of aryl methyl sites for hydroxylation is 1. The van der Waals surface area contributed by atoms with Gasteiger partial charge in [0.2, 0.25) is 0 Å². The fraction of sp³-hybridized carbons (Fsp3) is 0.455. The van der Waals surface area contributed by atoms with Crippen molar-refractivity contribution in [3.05, 3.63) is 53.6 Å². The predicted molar refractivity (Wildman–Crippen MR) is 105 cm³/mol. The van der Waals surface area contributed by atoms with Gasteiger partial charge in [-0.3, -0.25) is 19.3 Å². The van der Waals surface area contributed by atoms with E-state index in [0.717, 1.165) is 0 Å². The molecule has 2 aromatic rings. The third-order valence-electron chi connectivity index (χ3n) is 6.08. The summed E-state index contributed by atoms with van der Waals surface area (Å²) >= 11 is 0. The zero-order valence-corrected chi connectivity index (χ0v) is 17.1. The molecule has 0 N–H and O–H groups in total. The number of hydrogen-bond acceptors (Lipinski definition) is 5. The number of imidazole rings is 1. The van der Waals surface area contributed by atoms with E-state index >= 15 is 0 Å². The van der Waals surface area contributed by atoms with Crippen molar-refractivity contribution in [2.75, 3.05) is 13.7 Å². The number of rotatable bonds is 6. The summed E-state index contributed by atoms with van der Waals surface area (Å²) in [5, 5.41) is 0. The number of ether oxygens (including phenoxy) is 1. The van der Waals surface area contributed by atoms with Crippen molar-refractivity contribution in [3.63, 3.8) is 0 Å². The summed E-state index contributed by atoms with van der Waals surface area (Å²) in [5.41, 5.74) is 0.528. The molecule has 0 bridgehead atoms. The van der Waals surface area contributed by atoms with Gasteiger partial charge in [0.15, 0.2) is 0 Å². The van der Waals surface area contributed by atoms with Gasteiger partial charge >= 0.3 is 5.97 Å². The Kier molecular flexibility index (Phi) is 4.37. The lowest BCUT2D eigenvalue weighted by molar-refractivity contribution is -0.144. The molecular weight excluding hydrogens is 370 g/mol. The van der Waals surface area contributed by atoms with Gasteiger partial charge < -0.3 is 9.30 Å². The second kappa shape index (κ2) is 6.54. The highest BCUT2D eigenvalue weighted by atomic mass is 16.5. The van der Waals surface area contributed by atoms with Crippen LogP contribution in [0.3, 0.4) is 0 Å². The average Bonchev–Trinajstić information content (AvgIpc) is 3.13. The smallest absolute Gasteiger partial charge is 0.318 e. The predicted octanol–water partition coefficient (Wildman–Crippen LogP) is 2.56. The summed E-state index contributed by atoms with van der Waals surface area (Å²) in [5.74, 6) is -0.732. The van der Waals surface area contributed by atoms with E-state index in [9.17, 15) is 14.4 Å². The van der Waals surface area contributed by atoms with Crippen molar-refractivity contribution in [2.24, 2.45) is 18.4 Å². The van der Waals surface area contributed by atoms with Crippen LogP contribution in [0.1, 0.15) is 53.1 Å². The van der Waals surface area contributed by atoms with Crippen LogP contribution < -0.4 is 0 Å². The molecule has 1 aliphatic carbocycles. The normalized spacial score (nSPS) is 23.3. The lowest BCUT2D eigenvalue weighted by Crippen LogP contribution is -2.39. The van der Waals surface area contributed by atoms with Crippen molar-refractivity contribution in [1.82, 2.24) is 14.5 Å². The quantitative estimate of drug-likeness (QED) is 0.555. The molecule has 1 fully saturated rings. The minimum absolute atomic E-state index is 0.0510. The van der Waals surface area contributed by atoms with E-state index in [1.807, 2.05) is 31.7 Å². The molecule has 1 aliphatic heterocycles. The van der Waals surface area contributed by atoms with Crippen LogP contribution in [-0.4, -0.2) is 45.9 Å². The van der Waals surface area contributed by atoms with Crippen LogP contribution in [0.5, 0.6) is 0 Å². The number of fused-ring (bicyclic) bond motifs is 1. The van der Waals surface area contributed by atoms with Crippen molar-refractivity contribution < 1.29 is 19.1 Å². The summed E-state index contributed by atoms with van der Waals surface area (Å²) in [6.07, 6.45) is 4.86. The average molecular weight is 395 g/mol. The lowest BCUT2D eigenvalue weighted by atomic mass is 9.83. The fourth-order valence-electron chi connectivity index (χ4n) is 4.61. The van der Waals surface area contributed by atoms with E-state index in [4.69, 9.17) is 4.74 Å². The number of carbonyl (C=O) groups is 3. The molecule has 2 heterocycles. The van der Waals surface area contributed by atoms with Gasteiger partial charge in [0.1, 0.15) is 5.41 Å². The van der Waals surface area contributed by atoms with E-state index in [2.05, 4.69) is 4.98 Å².